The first-order valence-corrected chi connectivity index (χ1v) is 20.7. The fourth-order valence-electron chi connectivity index (χ4n) is 9.41. The molecule has 0 aliphatic heterocycles. The van der Waals surface area contributed by atoms with Crippen LogP contribution in [0.1, 0.15) is 0 Å². The highest BCUT2D eigenvalue weighted by molar-refractivity contribution is 6.14. The smallest absolute Gasteiger partial charge is 0.0547 e. The number of hydrogen-bond donors (Lipinski definition) is 0. The molecule has 12 rings (SSSR count). The van der Waals surface area contributed by atoms with Crippen molar-refractivity contribution in [2.24, 2.45) is 0 Å². The number of aromatic nitrogens is 2. The van der Waals surface area contributed by atoms with Crippen LogP contribution in [0.3, 0.4) is 0 Å². The van der Waals surface area contributed by atoms with Crippen molar-refractivity contribution in [3.05, 3.63) is 231 Å². The van der Waals surface area contributed by atoms with Gasteiger partial charge in [0.15, 0.2) is 0 Å². The third-order valence-corrected chi connectivity index (χ3v) is 12.3. The summed E-state index contributed by atoms with van der Waals surface area (Å²) >= 11 is 0. The van der Waals surface area contributed by atoms with Crippen LogP contribution >= 0.6 is 0 Å². The standard InChI is InChI=1S/C58H38N2/c1-4-14-39(15-5-1)42-24-29-48(30-25-42)59-54-23-13-12-22-50(54)51-31-26-45(37-58(51)59)47-34-46-20-10-11-21-49(46)57(38-47)60-55-32-27-43(40-16-6-2-7-17-40)35-52(55)53-36-44(28-33-56(53)60)41-18-8-3-9-19-41/h1-38H. The summed E-state index contributed by atoms with van der Waals surface area (Å²) in [6, 6.07) is 84.3. The van der Waals surface area contributed by atoms with Gasteiger partial charge in [-0.1, -0.05) is 170 Å². The Balaban J connectivity index is 1.07. The van der Waals surface area contributed by atoms with Gasteiger partial charge in [-0.2, -0.15) is 0 Å². The lowest BCUT2D eigenvalue weighted by Crippen LogP contribution is -1.97. The number of hydrogen-bond acceptors (Lipinski definition) is 0. The maximum atomic E-state index is 2.49. The summed E-state index contributed by atoms with van der Waals surface area (Å²) < 4.78 is 4.91. The second-order valence-electron chi connectivity index (χ2n) is 15.7. The summed E-state index contributed by atoms with van der Waals surface area (Å²) in [4.78, 5) is 0. The van der Waals surface area contributed by atoms with Crippen LogP contribution in [0.25, 0.3) is 110 Å². The van der Waals surface area contributed by atoms with Crippen LogP contribution in [0, 0.1) is 0 Å². The quantitative estimate of drug-likeness (QED) is 0.160. The predicted octanol–water partition coefficient (Wildman–Crippen LogP) is 15.7. The minimum absolute atomic E-state index is 1.15. The molecule has 2 aromatic heterocycles. The zero-order chi connectivity index (χ0) is 39.6. The predicted molar refractivity (Wildman–Crippen MR) is 254 cm³/mol. The Kier molecular flexibility index (Phi) is 7.89. The van der Waals surface area contributed by atoms with Gasteiger partial charge in [0, 0.05) is 32.6 Å². The summed E-state index contributed by atoms with van der Waals surface area (Å²) in [6.45, 7) is 0. The molecule has 0 atom stereocenters. The molecule has 2 heteroatoms. The molecule has 10 aromatic carbocycles. The molecule has 0 unspecified atom stereocenters. The van der Waals surface area contributed by atoms with Gasteiger partial charge in [-0.3, -0.25) is 0 Å². The minimum atomic E-state index is 1.15. The van der Waals surface area contributed by atoms with Crippen molar-refractivity contribution in [1.29, 1.82) is 0 Å². The highest BCUT2D eigenvalue weighted by Crippen LogP contribution is 2.41. The van der Waals surface area contributed by atoms with E-state index in [9.17, 15) is 0 Å². The molecule has 0 N–H and O–H groups in total. The van der Waals surface area contributed by atoms with Gasteiger partial charge >= 0.3 is 0 Å². The second-order valence-corrected chi connectivity index (χ2v) is 15.7. The summed E-state index contributed by atoms with van der Waals surface area (Å²) in [7, 11) is 0. The van der Waals surface area contributed by atoms with E-state index in [2.05, 4.69) is 240 Å². The van der Waals surface area contributed by atoms with E-state index in [0.717, 1.165) is 5.69 Å². The first kappa shape index (κ1) is 34.1. The maximum absolute atomic E-state index is 2.49. The van der Waals surface area contributed by atoms with E-state index in [-0.39, 0.29) is 0 Å². The van der Waals surface area contributed by atoms with Gasteiger partial charge in [0.1, 0.15) is 0 Å². The van der Waals surface area contributed by atoms with Crippen molar-refractivity contribution >= 4 is 54.4 Å². The zero-order valence-corrected chi connectivity index (χ0v) is 32.8. The van der Waals surface area contributed by atoms with Crippen LogP contribution in [-0.4, -0.2) is 9.13 Å². The highest BCUT2D eigenvalue weighted by atomic mass is 15.0. The van der Waals surface area contributed by atoms with Crippen molar-refractivity contribution in [3.63, 3.8) is 0 Å². The lowest BCUT2D eigenvalue weighted by atomic mass is 9.98. The van der Waals surface area contributed by atoms with E-state index >= 15 is 0 Å². The molecule has 12 aromatic rings. The van der Waals surface area contributed by atoms with Gasteiger partial charge in [-0.25, -0.2) is 0 Å². The van der Waals surface area contributed by atoms with Crippen molar-refractivity contribution in [2.75, 3.05) is 0 Å². The molecule has 0 saturated heterocycles. The topological polar surface area (TPSA) is 9.86 Å². The van der Waals surface area contributed by atoms with Crippen LogP contribution in [-0.2, 0) is 0 Å². The Hall–Kier alpha value is -7.94. The highest BCUT2D eigenvalue weighted by Gasteiger charge is 2.19. The number of fused-ring (bicyclic) bond motifs is 7. The normalized spacial score (nSPS) is 11.7. The molecule has 0 spiro atoms. The molecule has 0 amide bonds. The van der Waals surface area contributed by atoms with Crippen LogP contribution in [0.5, 0.6) is 0 Å². The molecular formula is C58H38N2. The Bertz CT molecular complexity index is 3460. The van der Waals surface area contributed by atoms with Crippen molar-refractivity contribution in [2.45, 2.75) is 0 Å². The van der Waals surface area contributed by atoms with Gasteiger partial charge < -0.3 is 9.13 Å². The SMILES string of the molecule is c1ccc(-c2ccc(-n3c4ccccc4c4ccc(-c5cc(-n6c7ccc(-c8ccccc8)cc7c7cc(-c8ccccc8)ccc76)c6ccccc6c5)cc43)cc2)cc1. The molecule has 0 fully saturated rings. The lowest BCUT2D eigenvalue weighted by molar-refractivity contribution is 1.18. The maximum Gasteiger partial charge on any atom is 0.0547 e. The second kappa shape index (κ2) is 13.9. The number of nitrogens with zero attached hydrogens (tertiary/aromatic N) is 2. The average molecular weight is 763 g/mol. The number of benzene rings is 10. The van der Waals surface area contributed by atoms with Gasteiger partial charge in [-0.05, 0) is 111 Å². The third kappa shape index (κ3) is 5.57. The van der Waals surface area contributed by atoms with Gasteiger partial charge in [0.05, 0.1) is 27.8 Å². The zero-order valence-electron chi connectivity index (χ0n) is 32.8. The van der Waals surface area contributed by atoms with Crippen molar-refractivity contribution in [3.8, 4) is 55.9 Å². The van der Waals surface area contributed by atoms with E-state index in [4.69, 9.17) is 0 Å². The fraction of sp³-hybridized carbons (Fsp3) is 0. The molecule has 2 heterocycles. The van der Waals surface area contributed by atoms with E-state index in [0.29, 0.717) is 0 Å². The third-order valence-electron chi connectivity index (χ3n) is 12.3. The molecule has 60 heavy (non-hydrogen) atoms. The Morgan fingerprint density at radius 3 is 1.30 bits per heavy atom. The summed E-state index contributed by atoms with van der Waals surface area (Å²) in [6.07, 6.45) is 0. The van der Waals surface area contributed by atoms with Crippen LogP contribution < -0.4 is 0 Å². The first-order chi connectivity index (χ1) is 29.7. The first-order valence-electron chi connectivity index (χ1n) is 20.7. The Morgan fingerprint density at radius 2 is 0.667 bits per heavy atom. The van der Waals surface area contributed by atoms with E-state index < -0.39 is 0 Å². The Morgan fingerprint density at radius 1 is 0.217 bits per heavy atom. The molecule has 2 nitrogen and oxygen atoms in total. The lowest BCUT2D eigenvalue weighted by Gasteiger charge is -2.15. The minimum Gasteiger partial charge on any atom is -0.309 e. The molecule has 0 saturated carbocycles. The van der Waals surface area contributed by atoms with Crippen molar-refractivity contribution < 1.29 is 0 Å². The Labute approximate surface area is 348 Å². The average Bonchev–Trinajstić information content (AvgIpc) is 3.83. The molecule has 0 aliphatic rings. The van der Waals surface area contributed by atoms with Gasteiger partial charge in [0.25, 0.3) is 0 Å². The van der Waals surface area contributed by atoms with Crippen LogP contribution in [0.4, 0.5) is 0 Å². The summed E-state index contributed by atoms with van der Waals surface area (Å²) in [5.74, 6) is 0. The molecule has 280 valence electrons. The van der Waals surface area contributed by atoms with Gasteiger partial charge in [-0.15, -0.1) is 0 Å². The van der Waals surface area contributed by atoms with E-state index in [1.807, 2.05) is 0 Å². The molecule has 0 radical (unpaired) electrons. The molecular weight excluding hydrogens is 725 g/mol. The number of para-hydroxylation sites is 1. The molecule has 0 aliphatic carbocycles. The molecule has 0 bridgehead atoms. The fourth-order valence-corrected chi connectivity index (χ4v) is 9.41. The summed E-state index contributed by atoms with van der Waals surface area (Å²) in [5.41, 5.74) is 16.7. The monoisotopic (exact) mass is 762 g/mol. The largest absolute Gasteiger partial charge is 0.309 e. The number of rotatable bonds is 6. The van der Waals surface area contributed by atoms with E-state index in [1.54, 1.807) is 0 Å². The summed E-state index contributed by atoms with van der Waals surface area (Å²) in [5, 5.41) is 7.39. The van der Waals surface area contributed by atoms with Crippen LogP contribution in [0.2, 0.25) is 0 Å². The van der Waals surface area contributed by atoms with E-state index in [1.165, 1.54) is 105 Å². The van der Waals surface area contributed by atoms with Crippen molar-refractivity contribution in [1.82, 2.24) is 9.13 Å². The van der Waals surface area contributed by atoms with Crippen LogP contribution in [0.15, 0.2) is 231 Å². The van der Waals surface area contributed by atoms with Gasteiger partial charge in [0.2, 0.25) is 0 Å².